The second kappa shape index (κ2) is 4.31. The fourth-order valence-corrected chi connectivity index (χ4v) is 2.65. The van der Waals surface area contributed by atoms with Gasteiger partial charge in [0.05, 0.1) is 6.10 Å². The molecular formula is C13H22O. The van der Waals surface area contributed by atoms with Crippen LogP contribution in [0.3, 0.4) is 0 Å². The molecule has 0 fully saturated rings. The highest BCUT2D eigenvalue weighted by Gasteiger charge is 2.31. The zero-order valence-electron chi connectivity index (χ0n) is 9.64. The maximum atomic E-state index is 10.1. The number of aliphatic hydroxyl groups excluding tert-OH is 1. The minimum Gasteiger partial charge on any atom is -0.388 e. The third-order valence-corrected chi connectivity index (χ3v) is 3.27. The topological polar surface area (TPSA) is 20.2 Å². The molecule has 0 spiro atoms. The summed E-state index contributed by atoms with van der Waals surface area (Å²) in [7, 11) is 0. The van der Waals surface area contributed by atoms with Crippen molar-refractivity contribution in [3.05, 3.63) is 23.8 Å². The number of aliphatic hydroxyl groups is 1. The van der Waals surface area contributed by atoms with E-state index in [1.165, 1.54) is 24.0 Å². The summed E-state index contributed by atoms with van der Waals surface area (Å²) in [5, 5.41) is 10.1. The van der Waals surface area contributed by atoms with Crippen LogP contribution < -0.4 is 0 Å². The molecule has 0 saturated heterocycles. The van der Waals surface area contributed by atoms with Crippen molar-refractivity contribution < 1.29 is 5.11 Å². The van der Waals surface area contributed by atoms with E-state index in [0.29, 0.717) is 6.42 Å². The van der Waals surface area contributed by atoms with Crippen molar-refractivity contribution in [2.75, 3.05) is 0 Å². The monoisotopic (exact) mass is 194 g/mol. The fraction of sp³-hybridized carbons (Fsp3) is 0.692. The van der Waals surface area contributed by atoms with Crippen LogP contribution in [0.25, 0.3) is 0 Å². The quantitative estimate of drug-likeness (QED) is 0.682. The smallest absolute Gasteiger partial charge is 0.0792 e. The van der Waals surface area contributed by atoms with Gasteiger partial charge in [-0.05, 0) is 43.6 Å². The molecule has 1 rings (SSSR count). The SMILES string of the molecule is C=CCC(O)C1=C(C)CCCC1(C)C. The summed E-state index contributed by atoms with van der Waals surface area (Å²) < 4.78 is 0. The summed E-state index contributed by atoms with van der Waals surface area (Å²) in [6.07, 6.45) is 5.75. The van der Waals surface area contributed by atoms with Crippen LogP contribution >= 0.6 is 0 Å². The van der Waals surface area contributed by atoms with E-state index in [0.717, 1.165) is 6.42 Å². The van der Waals surface area contributed by atoms with Gasteiger partial charge >= 0.3 is 0 Å². The Morgan fingerprint density at radius 3 is 2.71 bits per heavy atom. The molecule has 1 atom stereocenters. The van der Waals surface area contributed by atoms with Crippen LogP contribution in [0.2, 0.25) is 0 Å². The second-order valence-electron chi connectivity index (χ2n) is 4.97. The Morgan fingerprint density at radius 1 is 1.57 bits per heavy atom. The van der Waals surface area contributed by atoms with Crippen LogP contribution in [0.4, 0.5) is 0 Å². The molecule has 1 heteroatoms. The highest BCUT2D eigenvalue weighted by atomic mass is 16.3. The van der Waals surface area contributed by atoms with E-state index < -0.39 is 0 Å². The molecule has 0 aromatic rings. The van der Waals surface area contributed by atoms with Gasteiger partial charge in [0, 0.05) is 0 Å². The molecule has 1 aliphatic rings. The standard InChI is InChI=1S/C13H22O/c1-5-7-11(14)12-10(2)8-6-9-13(12,3)4/h5,11,14H,1,6-9H2,2-4H3. The first kappa shape index (κ1) is 11.5. The molecule has 0 radical (unpaired) electrons. The first-order chi connectivity index (χ1) is 6.49. The summed E-state index contributed by atoms with van der Waals surface area (Å²) in [4.78, 5) is 0. The third-order valence-electron chi connectivity index (χ3n) is 3.27. The summed E-state index contributed by atoms with van der Waals surface area (Å²) in [6, 6.07) is 0. The van der Waals surface area contributed by atoms with Gasteiger partial charge in [-0.2, -0.15) is 0 Å². The lowest BCUT2D eigenvalue weighted by molar-refractivity contribution is 0.171. The predicted octanol–water partition coefficient (Wildman–Crippen LogP) is 3.45. The van der Waals surface area contributed by atoms with Crippen LogP contribution in [0.1, 0.15) is 46.5 Å². The Bertz CT molecular complexity index is 248. The Morgan fingerprint density at radius 2 is 2.21 bits per heavy atom. The molecule has 0 saturated carbocycles. The molecule has 80 valence electrons. The molecule has 1 unspecified atom stereocenters. The van der Waals surface area contributed by atoms with E-state index in [4.69, 9.17) is 0 Å². The van der Waals surface area contributed by atoms with Crippen molar-refractivity contribution >= 4 is 0 Å². The predicted molar refractivity (Wildman–Crippen MR) is 61.2 cm³/mol. The average molecular weight is 194 g/mol. The Labute approximate surface area is 87.5 Å². The molecule has 0 heterocycles. The lowest BCUT2D eigenvalue weighted by Gasteiger charge is -2.37. The Balaban J connectivity index is 2.94. The van der Waals surface area contributed by atoms with Crippen molar-refractivity contribution in [3.8, 4) is 0 Å². The molecule has 1 N–H and O–H groups in total. The Kier molecular flexibility index (Phi) is 3.54. The molecule has 0 aromatic carbocycles. The first-order valence-electron chi connectivity index (χ1n) is 5.48. The normalized spacial score (nSPS) is 23.4. The first-order valence-corrected chi connectivity index (χ1v) is 5.48. The van der Waals surface area contributed by atoms with Crippen LogP contribution in [-0.4, -0.2) is 11.2 Å². The third kappa shape index (κ3) is 2.27. The zero-order chi connectivity index (χ0) is 10.8. The van der Waals surface area contributed by atoms with Crippen molar-refractivity contribution in [2.45, 2.75) is 52.6 Å². The van der Waals surface area contributed by atoms with Crippen LogP contribution in [-0.2, 0) is 0 Å². The number of hydrogen-bond acceptors (Lipinski definition) is 1. The highest BCUT2D eigenvalue weighted by Crippen LogP contribution is 2.42. The van der Waals surface area contributed by atoms with Gasteiger partial charge in [0.25, 0.3) is 0 Å². The molecule has 14 heavy (non-hydrogen) atoms. The van der Waals surface area contributed by atoms with Crippen molar-refractivity contribution in [3.63, 3.8) is 0 Å². The van der Waals surface area contributed by atoms with Gasteiger partial charge in [-0.1, -0.05) is 25.5 Å². The molecular weight excluding hydrogens is 172 g/mol. The van der Waals surface area contributed by atoms with E-state index in [1.807, 2.05) is 0 Å². The van der Waals surface area contributed by atoms with Gasteiger partial charge in [-0.3, -0.25) is 0 Å². The number of rotatable bonds is 3. The van der Waals surface area contributed by atoms with Crippen LogP contribution in [0.15, 0.2) is 23.8 Å². The van der Waals surface area contributed by atoms with Gasteiger partial charge in [0.2, 0.25) is 0 Å². The van der Waals surface area contributed by atoms with E-state index in [1.54, 1.807) is 6.08 Å². The van der Waals surface area contributed by atoms with Crippen LogP contribution in [0, 0.1) is 5.41 Å². The van der Waals surface area contributed by atoms with Gasteiger partial charge in [-0.15, -0.1) is 6.58 Å². The molecule has 0 bridgehead atoms. The van der Waals surface area contributed by atoms with Crippen molar-refractivity contribution in [2.24, 2.45) is 5.41 Å². The summed E-state index contributed by atoms with van der Waals surface area (Å²) >= 11 is 0. The maximum absolute atomic E-state index is 10.1. The fourth-order valence-electron chi connectivity index (χ4n) is 2.65. The second-order valence-corrected chi connectivity index (χ2v) is 4.97. The van der Waals surface area contributed by atoms with E-state index >= 15 is 0 Å². The minimum absolute atomic E-state index is 0.171. The minimum atomic E-state index is -0.317. The van der Waals surface area contributed by atoms with Crippen molar-refractivity contribution in [1.82, 2.24) is 0 Å². The lowest BCUT2D eigenvalue weighted by Crippen LogP contribution is -2.28. The zero-order valence-corrected chi connectivity index (χ0v) is 9.64. The van der Waals surface area contributed by atoms with Gasteiger partial charge in [0.1, 0.15) is 0 Å². The Hall–Kier alpha value is -0.560. The largest absolute Gasteiger partial charge is 0.388 e. The van der Waals surface area contributed by atoms with Crippen molar-refractivity contribution in [1.29, 1.82) is 0 Å². The molecule has 0 aliphatic heterocycles. The summed E-state index contributed by atoms with van der Waals surface area (Å²) in [5.74, 6) is 0. The van der Waals surface area contributed by atoms with Crippen LogP contribution in [0.5, 0.6) is 0 Å². The van der Waals surface area contributed by atoms with E-state index in [9.17, 15) is 5.11 Å². The molecule has 1 nitrogen and oxygen atoms in total. The summed E-state index contributed by atoms with van der Waals surface area (Å²) in [5.41, 5.74) is 2.81. The van der Waals surface area contributed by atoms with E-state index in [2.05, 4.69) is 27.4 Å². The number of hydrogen-bond donors (Lipinski definition) is 1. The van der Waals surface area contributed by atoms with E-state index in [-0.39, 0.29) is 11.5 Å². The lowest BCUT2D eigenvalue weighted by atomic mass is 9.70. The van der Waals surface area contributed by atoms with Gasteiger partial charge in [0.15, 0.2) is 0 Å². The molecule has 0 aromatic heterocycles. The van der Waals surface area contributed by atoms with Gasteiger partial charge < -0.3 is 5.11 Å². The molecule has 0 amide bonds. The average Bonchev–Trinajstić information content (AvgIpc) is 2.02. The van der Waals surface area contributed by atoms with Gasteiger partial charge in [-0.25, -0.2) is 0 Å². The molecule has 1 aliphatic carbocycles. The maximum Gasteiger partial charge on any atom is 0.0792 e. The number of allylic oxidation sites excluding steroid dienone is 1. The highest BCUT2D eigenvalue weighted by molar-refractivity contribution is 5.26. The summed E-state index contributed by atoms with van der Waals surface area (Å²) in [6.45, 7) is 10.3.